The van der Waals surface area contributed by atoms with E-state index in [1.165, 1.54) is 6.07 Å². The number of nitrogens with one attached hydrogen (secondary N) is 1. The van der Waals surface area contributed by atoms with E-state index >= 15 is 0 Å². The van der Waals surface area contributed by atoms with Crippen molar-refractivity contribution in [2.75, 3.05) is 13.2 Å². The molecule has 0 unspecified atom stereocenters. The number of hydrogen-bond donors (Lipinski definition) is 1. The largest absolute Gasteiger partial charge is 0.465 e. The van der Waals surface area contributed by atoms with Crippen molar-refractivity contribution in [3.05, 3.63) is 28.5 Å². The van der Waals surface area contributed by atoms with Gasteiger partial charge in [-0.3, -0.25) is 9.59 Å². The standard InChI is InChI=1S/C14H19ClN2O3/c1-5-20-12(18)8-16-13(19)9-6-10(14(2,3)4)17-11(15)7-9/h6-7H,5,8H2,1-4H3,(H,16,19). The molecular weight excluding hydrogens is 280 g/mol. The minimum Gasteiger partial charge on any atom is -0.465 e. The topological polar surface area (TPSA) is 68.3 Å². The van der Waals surface area contributed by atoms with Crippen molar-refractivity contribution >= 4 is 23.5 Å². The molecule has 1 amide bonds. The summed E-state index contributed by atoms with van der Waals surface area (Å²) >= 11 is 5.93. The van der Waals surface area contributed by atoms with Crippen molar-refractivity contribution in [3.8, 4) is 0 Å². The van der Waals surface area contributed by atoms with Crippen LogP contribution in [-0.4, -0.2) is 30.0 Å². The number of amides is 1. The minimum absolute atomic E-state index is 0.169. The summed E-state index contributed by atoms with van der Waals surface area (Å²) < 4.78 is 4.74. The lowest BCUT2D eigenvalue weighted by Crippen LogP contribution is -2.31. The molecule has 0 bridgehead atoms. The summed E-state index contributed by atoms with van der Waals surface area (Å²) in [5.74, 6) is -0.857. The number of nitrogens with zero attached hydrogens (tertiary/aromatic N) is 1. The lowest BCUT2D eigenvalue weighted by Gasteiger charge is -2.18. The molecule has 0 radical (unpaired) electrons. The minimum atomic E-state index is -0.475. The first-order valence-corrected chi connectivity index (χ1v) is 6.73. The Morgan fingerprint density at radius 1 is 1.35 bits per heavy atom. The van der Waals surface area contributed by atoms with Crippen LogP contribution in [0.3, 0.4) is 0 Å². The van der Waals surface area contributed by atoms with Gasteiger partial charge in [0.1, 0.15) is 11.7 Å². The Hall–Kier alpha value is -1.62. The van der Waals surface area contributed by atoms with E-state index in [2.05, 4.69) is 10.3 Å². The normalized spacial score (nSPS) is 11.1. The fourth-order valence-corrected chi connectivity index (χ4v) is 1.69. The van der Waals surface area contributed by atoms with E-state index in [4.69, 9.17) is 16.3 Å². The summed E-state index contributed by atoms with van der Waals surface area (Å²) in [6.07, 6.45) is 0. The molecule has 0 atom stereocenters. The number of ether oxygens (including phenoxy) is 1. The molecule has 0 aromatic carbocycles. The van der Waals surface area contributed by atoms with Crippen LogP contribution in [0, 0.1) is 0 Å². The van der Waals surface area contributed by atoms with Crippen LogP contribution < -0.4 is 5.32 Å². The number of pyridine rings is 1. The molecule has 1 rings (SSSR count). The Kier molecular flexibility index (Phi) is 5.51. The first-order valence-electron chi connectivity index (χ1n) is 6.36. The van der Waals surface area contributed by atoms with Gasteiger partial charge in [0.15, 0.2) is 0 Å². The maximum Gasteiger partial charge on any atom is 0.325 e. The molecule has 0 fully saturated rings. The second-order valence-corrected chi connectivity index (χ2v) is 5.69. The molecule has 6 heteroatoms. The third-order valence-corrected chi connectivity index (χ3v) is 2.72. The van der Waals surface area contributed by atoms with E-state index < -0.39 is 5.97 Å². The van der Waals surface area contributed by atoms with Gasteiger partial charge in [-0.05, 0) is 19.1 Å². The van der Waals surface area contributed by atoms with Crippen molar-refractivity contribution in [2.45, 2.75) is 33.1 Å². The highest BCUT2D eigenvalue weighted by Crippen LogP contribution is 2.23. The van der Waals surface area contributed by atoms with Crippen LogP contribution in [0.25, 0.3) is 0 Å². The van der Waals surface area contributed by atoms with Crippen molar-refractivity contribution < 1.29 is 14.3 Å². The predicted octanol–water partition coefficient (Wildman–Crippen LogP) is 2.33. The van der Waals surface area contributed by atoms with Crippen LogP contribution in [0.1, 0.15) is 43.7 Å². The Morgan fingerprint density at radius 3 is 2.55 bits per heavy atom. The lowest BCUT2D eigenvalue weighted by atomic mass is 9.91. The number of carbonyl (C=O) groups is 2. The average molecular weight is 299 g/mol. The second kappa shape index (κ2) is 6.70. The van der Waals surface area contributed by atoms with Gasteiger partial charge in [-0.15, -0.1) is 0 Å². The maximum atomic E-state index is 12.0. The quantitative estimate of drug-likeness (QED) is 0.684. The molecule has 5 nitrogen and oxygen atoms in total. The van der Waals surface area contributed by atoms with E-state index in [9.17, 15) is 9.59 Å². The molecule has 0 aliphatic rings. The number of esters is 1. The van der Waals surface area contributed by atoms with Crippen LogP contribution >= 0.6 is 11.6 Å². The van der Waals surface area contributed by atoms with Gasteiger partial charge in [-0.25, -0.2) is 4.98 Å². The molecule has 0 aliphatic heterocycles. The number of carbonyl (C=O) groups excluding carboxylic acids is 2. The van der Waals surface area contributed by atoms with Crippen molar-refractivity contribution in [1.82, 2.24) is 10.3 Å². The molecular formula is C14H19ClN2O3. The molecule has 0 saturated heterocycles. The highest BCUT2D eigenvalue weighted by molar-refractivity contribution is 6.29. The van der Waals surface area contributed by atoms with Crippen LogP contribution in [0.5, 0.6) is 0 Å². The molecule has 1 heterocycles. The van der Waals surface area contributed by atoms with Crippen LogP contribution in [-0.2, 0) is 14.9 Å². The summed E-state index contributed by atoms with van der Waals surface area (Å²) in [6, 6.07) is 3.14. The zero-order chi connectivity index (χ0) is 15.3. The van der Waals surface area contributed by atoms with Gasteiger partial charge >= 0.3 is 5.97 Å². The molecule has 0 spiro atoms. The summed E-state index contributed by atoms with van der Waals surface area (Å²) in [7, 11) is 0. The third kappa shape index (κ3) is 4.81. The molecule has 0 aliphatic carbocycles. The van der Waals surface area contributed by atoms with Crippen LogP contribution in [0.15, 0.2) is 12.1 Å². The van der Waals surface area contributed by atoms with Crippen LogP contribution in [0.4, 0.5) is 0 Å². The Balaban J connectivity index is 2.83. The first-order chi connectivity index (χ1) is 9.24. The molecule has 1 aromatic heterocycles. The van der Waals surface area contributed by atoms with Crippen molar-refractivity contribution in [2.24, 2.45) is 0 Å². The molecule has 0 saturated carbocycles. The summed E-state index contributed by atoms with van der Waals surface area (Å²) in [4.78, 5) is 27.4. The molecule has 110 valence electrons. The summed E-state index contributed by atoms with van der Waals surface area (Å²) in [5.41, 5.74) is 0.867. The Labute approximate surface area is 123 Å². The van der Waals surface area contributed by atoms with E-state index in [1.807, 2.05) is 20.8 Å². The zero-order valence-corrected chi connectivity index (χ0v) is 12.9. The number of halogens is 1. The van der Waals surface area contributed by atoms with Crippen LogP contribution in [0.2, 0.25) is 5.15 Å². The average Bonchev–Trinajstić information content (AvgIpc) is 2.34. The summed E-state index contributed by atoms with van der Waals surface area (Å²) in [6.45, 7) is 7.75. The molecule has 20 heavy (non-hydrogen) atoms. The van der Waals surface area contributed by atoms with Crippen molar-refractivity contribution in [3.63, 3.8) is 0 Å². The molecule has 1 aromatic rings. The van der Waals surface area contributed by atoms with E-state index in [1.54, 1.807) is 13.0 Å². The summed E-state index contributed by atoms with van der Waals surface area (Å²) in [5, 5.41) is 2.74. The number of aromatic nitrogens is 1. The Bertz CT molecular complexity index is 510. The smallest absolute Gasteiger partial charge is 0.325 e. The second-order valence-electron chi connectivity index (χ2n) is 5.30. The highest BCUT2D eigenvalue weighted by atomic mass is 35.5. The van der Waals surface area contributed by atoms with E-state index in [-0.39, 0.29) is 29.6 Å². The number of rotatable bonds is 4. The zero-order valence-electron chi connectivity index (χ0n) is 12.1. The van der Waals surface area contributed by atoms with Gasteiger partial charge in [-0.2, -0.15) is 0 Å². The van der Waals surface area contributed by atoms with Gasteiger partial charge in [0.25, 0.3) is 5.91 Å². The third-order valence-electron chi connectivity index (χ3n) is 2.52. The SMILES string of the molecule is CCOC(=O)CNC(=O)c1cc(Cl)nc(C(C)(C)C)c1. The lowest BCUT2D eigenvalue weighted by molar-refractivity contribution is -0.141. The monoisotopic (exact) mass is 298 g/mol. The van der Waals surface area contributed by atoms with Gasteiger partial charge in [0, 0.05) is 16.7 Å². The van der Waals surface area contributed by atoms with E-state index in [0.717, 1.165) is 0 Å². The highest BCUT2D eigenvalue weighted by Gasteiger charge is 2.19. The van der Waals surface area contributed by atoms with E-state index in [0.29, 0.717) is 11.3 Å². The molecule has 1 N–H and O–H groups in total. The Morgan fingerprint density at radius 2 is 2.00 bits per heavy atom. The van der Waals surface area contributed by atoms with Gasteiger partial charge < -0.3 is 10.1 Å². The van der Waals surface area contributed by atoms with Gasteiger partial charge in [-0.1, -0.05) is 32.4 Å². The number of hydrogen-bond acceptors (Lipinski definition) is 4. The fourth-order valence-electron chi connectivity index (χ4n) is 1.48. The first kappa shape index (κ1) is 16.4. The van der Waals surface area contributed by atoms with Crippen molar-refractivity contribution in [1.29, 1.82) is 0 Å². The fraction of sp³-hybridized carbons (Fsp3) is 0.500. The van der Waals surface area contributed by atoms with Gasteiger partial charge in [0.2, 0.25) is 0 Å². The van der Waals surface area contributed by atoms with Gasteiger partial charge in [0.05, 0.1) is 6.61 Å². The predicted molar refractivity (Wildman–Crippen MR) is 76.9 cm³/mol. The maximum absolute atomic E-state index is 12.0.